The molecule has 4 nitrogen and oxygen atoms in total. The van der Waals surface area contributed by atoms with Crippen LogP contribution in [0.15, 0.2) is 40.5 Å². The summed E-state index contributed by atoms with van der Waals surface area (Å²) in [5.41, 5.74) is 1.41. The molecule has 1 aromatic rings. The minimum atomic E-state index is -1.36. The summed E-state index contributed by atoms with van der Waals surface area (Å²) in [5.74, 6) is -3.34. The van der Waals surface area contributed by atoms with Crippen molar-refractivity contribution in [1.29, 1.82) is 0 Å². The number of carbonyl (C=O) groups excluding carboxylic acids is 2. The van der Waals surface area contributed by atoms with Gasteiger partial charge in [0, 0.05) is 22.9 Å². The number of hydrogen-bond donors (Lipinski definition) is 0. The maximum absolute atomic E-state index is 13.1. The number of ketones is 1. The number of allylic oxidation sites excluding steroid dienone is 1. The zero-order chi connectivity index (χ0) is 15.7. The Morgan fingerprint density at radius 2 is 1.76 bits per heavy atom. The van der Waals surface area contributed by atoms with Crippen LogP contribution in [0.4, 0.5) is 4.39 Å². The zero-order valence-electron chi connectivity index (χ0n) is 12.0. The highest BCUT2D eigenvalue weighted by Gasteiger charge is 2.36. The molecule has 1 unspecified atom stereocenters. The van der Waals surface area contributed by atoms with Crippen LogP contribution in [-0.2, 0) is 9.59 Å². The fourth-order valence-corrected chi connectivity index (χ4v) is 2.86. The van der Waals surface area contributed by atoms with Crippen LogP contribution in [0.3, 0.4) is 0 Å². The third kappa shape index (κ3) is 2.77. The van der Waals surface area contributed by atoms with Crippen molar-refractivity contribution in [2.45, 2.75) is 26.7 Å². The number of carbonyl (C=O) groups is 2. The van der Waals surface area contributed by atoms with Crippen LogP contribution < -0.4 is 5.11 Å². The average molecular weight is 288 g/mol. The van der Waals surface area contributed by atoms with Crippen molar-refractivity contribution in [2.24, 2.45) is 10.9 Å². The molecular formula is C16H15FNO3-. The molecule has 110 valence electrons. The van der Waals surface area contributed by atoms with Crippen LogP contribution in [0.2, 0.25) is 0 Å². The van der Waals surface area contributed by atoms with Gasteiger partial charge in [0.2, 0.25) is 0 Å². The molecule has 0 saturated carbocycles. The van der Waals surface area contributed by atoms with E-state index < -0.39 is 23.6 Å². The second-order valence-corrected chi connectivity index (χ2v) is 5.16. The van der Waals surface area contributed by atoms with Crippen LogP contribution in [0.25, 0.3) is 0 Å². The van der Waals surface area contributed by atoms with E-state index >= 15 is 0 Å². The van der Waals surface area contributed by atoms with Crippen molar-refractivity contribution in [1.82, 2.24) is 0 Å². The number of carboxylic acids is 1. The lowest BCUT2D eigenvalue weighted by Crippen LogP contribution is -2.38. The molecule has 21 heavy (non-hydrogen) atoms. The number of aliphatic carboxylic acids is 1. The lowest BCUT2D eigenvalue weighted by atomic mass is 9.74. The zero-order valence-corrected chi connectivity index (χ0v) is 12.0. The van der Waals surface area contributed by atoms with Crippen molar-refractivity contribution in [3.8, 4) is 0 Å². The number of benzene rings is 1. The lowest BCUT2D eigenvalue weighted by molar-refractivity contribution is -0.299. The number of Topliss-reactive ketones (excluding diaryl/α,β-unsaturated/α-hetero) is 1. The average Bonchev–Trinajstić information content (AvgIpc) is 2.37. The molecule has 0 fully saturated rings. The maximum atomic E-state index is 13.1. The van der Waals surface area contributed by atoms with Gasteiger partial charge in [0.25, 0.3) is 0 Å². The van der Waals surface area contributed by atoms with Gasteiger partial charge in [-0.15, -0.1) is 0 Å². The molecule has 1 aliphatic rings. The molecule has 0 bridgehead atoms. The molecule has 0 aliphatic carbocycles. The topological polar surface area (TPSA) is 69.6 Å². The van der Waals surface area contributed by atoms with Gasteiger partial charge in [-0.1, -0.05) is 12.1 Å². The van der Waals surface area contributed by atoms with Crippen molar-refractivity contribution < 1.29 is 19.1 Å². The minimum absolute atomic E-state index is 0.0209. The molecule has 1 aliphatic heterocycles. The monoisotopic (exact) mass is 288 g/mol. The summed E-state index contributed by atoms with van der Waals surface area (Å²) in [6.45, 7) is 4.66. The Morgan fingerprint density at radius 1 is 1.19 bits per heavy atom. The smallest absolute Gasteiger partial charge is 0.139 e. The van der Waals surface area contributed by atoms with E-state index in [1.165, 1.54) is 31.2 Å². The predicted octanol–water partition coefficient (Wildman–Crippen LogP) is 1.61. The van der Waals surface area contributed by atoms with Crippen LogP contribution in [0.1, 0.15) is 32.3 Å². The van der Waals surface area contributed by atoms with E-state index in [0.717, 1.165) is 0 Å². The molecule has 0 aromatic heterocycles. The van der Waals surface area contributed by atoms with Crippen molar-refractivity contribution in [3.63, 3.8) is 0 Å². The Kier molecular flexibility index (Phi) is 4.02. The standard InChI is InChI=1S/C16H16FNO3/c1-8-13(10(3)19)15(11-4-6-12(17)7-5-11)14(16(20)21)9(2)18-8/h4-7,13,15H,1-3H3,(H,20,21)/p-1/t13?,15-/m1/s1. The number of nitrogens with zero attached hydrogens (tertiary/aromatic N) is 1. The Balaban J connectivity index is 2.65. The van der Waals surface area contributed by atoms with Gasteiger partial charge in [-0.25, -0.2) is 4.39 Å². The summed E-state index contributed by atoms with van der Waals surface area (Å²) in [4.78, 5) is 27.6. The van der Waals surface area contributed by atoms with E-state index in [0.29, 0.717) is 17.0 Å². The first kappa shape index (κ1) is 15.1. The van der Waals surface area contributed by atoms with Crippen LogP contribution >= 0.6 is 0 Å². The normalized spacial score (nSPS) is 22.0. The number of aliphatic imine (C=N–C) groups is 1. The molecule has 2 atom stereocenters. The fraction of sp³-hybridized carbons (Fsp3) is 0.312. The molecule has 0 saturated heterocycles. The molecule has 0 spiro atoms. The molecule has 2 rings (SSSR count). The summed E-state index contributed by atoms with van der Waals surface area (Å²) in [6.07, 6.45) is 0. The van der Waals surface area contributed by atoms with E-state index in [9.17, 15) is 19.1 Å². The van der Waals surface area contributed by atoms with E-state index in [4.69, 9.17) is 0 Å². The minimum Gasteiger partial charge on any atom is -0.545 e. The van der Waals surface area contributed by atoms with Gasteiger partial charge in [-0.2, -0.15) is 0 Å². The molecule has 0 N–H and O–H groups in total. The van der Waals surface area contributed by atoms with E-state index in [-0.39, 0.29) is 11.4 Å². The van der Waals surface area contributed by atoms with Gasteiger partial charge >= 0.3 is 0 Å². The number of rotatable bonds is 3. The van der Waals surface area contributed by atoms with Gasteiger partial charge < -0.3 is 9.90 Å². The molecule has 5 heteroatoms. The second-order valence-electron chi connectivity index (χ2n) is 5.16. The van der Waals surface area contributed by atoms with E-state index in [1.54, 1.807) is 13.8 Å². The molecular weight excluding hydrogens is 273 g/mol. The molecule has 0 amide bonds. The Hall–Kier alpha value is -2.30. The second kappa shape index (κ2) is 5.60. The van der Waals surface area contributed by atoms with Crippen LogP contribution in [0.5, 0.6) is 0 Å². The van der Waals surface area contributed by atoms with Gasteiger partial charge in [0.05, 0.1) is 11.9 Å². The Bertz CT molecular complexity index is 659. The first-order valence-corrected chi connectivity index (χ1v) is 6.56. The first-order valence-electron chi connectivity index (χ1n) is 6.56. The van der Waals surface area contributed by atoms with E-state index in [1.807, 2.05) is 0 Å². The first-order chi connectivity index (χ1) is 9.82. The Morgan fingerprint density at radius 3 is 2.24 bits per heavy atom. The summed E-state index contributed by atoms with van der Waals surface area (Å²) < 4.78 is 13.1. The third-order valence-corrected chi connectivity index (χ3v) is 3.72. The fourth-order valence-electron chi connectivity index (χ4n) is 2.86. The summed E-state index contributed by atoms with van der Waals surface area (Å²) >= 11 is 0. The highest BCUT2D eigenvalue weighted by Crippen LogP contribution is 2.38. The summed E-state index contributed by atoms with van der Waals surface area (Å²) in [5, 5.41) is 11.5. The predicted molar refractivity (Wildman–Crippen MR) is 74.1 cm³/mol. The lowest BCUT2D eigenvalue weighted by Gasteiger charge is -2.33. The van der Waals surface area contributed by atoms with Gasteiger partial charge in [0.1, 0.15) is 11.6 Å². The number of carboxylic acid groups (broad SMARTS) is 1. The van der Waals surface area contributed by atoms with Gasteiger partial charge in [0.15, 0.2) is 0 Å². The highest BCUT2D eigenvalue weighted by molar-refractivity contribution is 6.08. The maximum Gasteiger partial charge on any atom is 0.139 e. The Labute approximate surface area is 122 Å². The van der Waals surface area contributed by atoms with Crippen molar-refractivity contribution in [2.75, 3.05) is 0 Å². The van der Waals surface area contributed by atoms with Gasteiger partial charge in [-0.05, 0) is 38.5 Å². The van der Waals surface area contributed by atoms with Crippen molar-refractivity contribution in [3.05, 3.63) is 46.9 Å². The number of halogens is 1. The number of hydrogen-bond acceptors (Lipinski definition) is 4. The highest BCUT2D eigenvalue weighted by atomic mass is 19.1. The third-order valence-electron chi connectivity index (χ3n) is 3.72. The van der Waals surface area contributed by atoms with Crippen molar-refractivity contribution >= 4 is 17.5 Å². The largest absolute Gasteiger partial charge is 0.545 e. The van der Waals surface area contributed by atoms with Crippen LogP contribution in [-0.4, -0.2) is 17.5 Å². The van der Waals surface area contributed by atoms with Gasteiger partial charge in [-0.3, -0.25) is 9.79 Å². The quantitative estimate of drug-likeness (QED) is 0.848. The molecule has 1 heterocycles. The molecule has 0 radical (unpaired) electrons. The molecule has 1 aromatic carbocycles. The SMILES string of the molecule is CC(=O)C1C(C)=NC(C)=C(C(=O)[O-])[C@@H]1c1ccc(F)cc1. The van der Waals surface area contributed by atoms with Crippen LogP contribution in [0, 0.1) is 11.7 Å². The van der Waals surface area contributed by atoms with E-state index in [2.05, 4.69) is 4.99 Å². The summed E-state index contributed by atoms with van der Waals surface area (Å²) in [7, 11) is 0. The summed E-state index contributed by atoms with van der Waals surface area (Å²) in [6, 6.07) is 5.47.